The molecule has 0 spiro atoms. The van der Waals surface area contributed by atoms with Crippen LogP contribution in [-0.2, 0) is 0 Å². The van der Waals surface area contributed by atoms with Crippen LogP contribution in [0, 0.1) is 20.2 Å². The number of fused-ring (bicyclic) bond motifs is 1. The van der Waals surface area contributed by atoms with E-state index in [1.165, 1.54) is 12.1 Å². The molecule has 0 heterocycles. The molecule has 1 aliphatic rings. The van der Waals surface area contributed by atoms with E-state index < -0.39 is 15.5 Å². The second-order valence-corrected chi connectivity index (χ2v) is 6.91. The number of non-ortho nitro benzene ring substituents is 1. The van der Waals surface area contributed by atoms with E-state index in [-0.39, 0.29) is 11.4 Å². The lowest BCUT2D eigenvalue weighted by Gasteiger charge is -2.09. The van der Waals surface area contributed by atoms with Crippen molar-refractivity contribution in [3.05, 3.63) is 110 Å². The van der Waals surface area contributed by atoms with Gasteiger partial charge in [0.25, 0.3) is 5.69 Å². The van der Waals surface area contributed by atoms with Crippen molar-refractivity contribution >= 4 is 33.9 Å². The second-order valence-electron chi connectivity index (χ2n) is 6.91. The van der Waals surface area contributed by atoms with Gasteiger partial charge in [-0.05, 0) is 29.2 Å². The van der Waals surface area contributed by atoms with Gasteiger partial charge in [0.15, 0.2) is 0 Å². The molecule has 0 fully saturated rings. The van der Waals surface area contributed by atoms with Crippen molar-refractivity contribution in [3.8, 4) is 0 Å². The summed E-state index contributed by atoms with van der Waals surface area (Å²) in [6.45, 7) is 2.08. The van der Waals surface area contributed by atoms with E-state index in [1.807, 2.05) is 54.6 Å². The predicted molar refractivity (Wildman–Crippen MR) is 120 cm³/mol. The van der Waals surface area contributed by atoms with Crippen LogP contribution in [0.5, 0.6) is 0 Å². The highest BCUT2D eigenvalue weighted by atomic mass is 16.6. The van der Waals surface area contributed by atoms with Crippen molar-refractivity contribution in [2.75, 3.05) is 5.43 Å². The minimum Gasteiger partial charge on any atom is -0.271 e. The van der Waals surface area contributed by atoms with Crippen LogP contribution in [0.4, 0.5) is 17.1 Å². The van der Waals surface area contributed by atoms with Gasteiger partial charge in [0, 0.05) is 17.2 Å². The molecule has 8 nitrogen and oxygen atoms in total. The molecule has 0 bridgehead atoms. The maximum Gasteiger partial charge on any atom is 0.301 e. The Hall–Kier alpha value is -4.33. The van der Waals surface area contributed by atoms with Gasteiger partial charge < -0.3 is 0 Å². The number of allylic oxidation sites excluding steroid dienone is 2. The van der Waals surface area contributed by atoms with Crippen molar-refractivity contribution in [3.63, 3.8) is 0 Å². The van der Waals surface area contributed by atoms with E-state index in [4.69, 9.17) is 0 Å². The zero-order chi connectivity index (χ0) is 22.0. The Morgan fingerprint density at radius 3 is 2.19 bits per heavy atom. The highest BCUT2D eigenvalue weighted by Crippen LogP contribution is 2.40. The van der Waals surface area contributed by atoms with Crippen molar-refractivity contribution in [1.82, 2.24) is 0 Å². The standard InChI is InChI=1S/C23H18N4O4/c1-2-17-18-10-6-7-11-19(18)23(22(17)15-8-4-3-5-9-15)25-24-20-13-12-16(26(28)29)14-21(20)27(30)31/h3-14,24H,2H2,1H3/b25-23+. The first-order valence-electron chi connectivity index (χ1n) is 9.66. The Kier molecular flexibility index (Phi) is 5.28. The average molecular weight is 414 g/mol. The monoisotopic (exact) mass is 414 g/mol. The number of benzene rings is 3. The molecular weight excluding hydrogens is 396 g/mol. The van der Waals surface area contributed by atoms with E-state index in [0.29, 0.717) is 5.71 Å². The largest absolute Gasteiger partial charge is 0.301 e. The molecule has 0 unspecified atom stereocenters. The zero-order valence-corrected chi connectivity index (χ0v) is 16.6. The maximum absolute atomic E-state index is 11.5. The number of nitro groups is 2. The number of hydrazone groups is 1. The molecule has 0 aliphatic heterocycles. The van der Waals surface area contributed by atoms with E-state index in [2.05, 4.69) is 17.5 Å². The Labute approximate surface area is 177 Å². The van der Waals surface area contributed by atoms with E-state index in [9.17, 15) is 20.2 Å². The van der Waals surface area contributed by atoms with Crippen LogP contribution in [0.15, 0.2) is 77.9 Å². The van der Waals surface area contributed by atoms with Crippen LogP contribution in [0.3, 0.4) is 0 Å². The number of rotatable bonds is 6. The third-order valence-electron chi connectivity index (χ3n) is 5.14. The SMILES string of the molecule is CCC1=C(c2ccccc2)/C(=N/Nc2ccc([N+](=O)[O-])cc2[N+](=O)[O-])c2ccccc21. The summed E-state index contributed by atoms with van der Waals surface area (Å²) in [7, 11) is 0. The summed E-state index contributed by atoms with van der Waals surface area (Å²) in [4.78, 5) is 21.1. The molecule has 3 aromatic rings. The fourth-order valence-corrected chi connectivity index (χ4v) is 3.76. The number of hydrogen-bond donors (Lipinski definition) is 1. The van der Waals surface area contributed by atoms with Gasteiger partial charge in [-0.2, -0.15) is 5.10 Å². The molecule has 1 aliphatic carbocycles. The van der Waals surface area contributed by atoms with Gasteiger partial charge in [-0.3, -0.25) is 25.7 Å². The van der Waals surface area contributed by atoms with Gasteiger partial charge in [-0.15, -0.1) is 0 Å². The fraction of sp³-hybridized carbons (Fsp3) is 0.0870. The number of nitrogens with zero attached hydrogens (tertiary/aromatic N) is 3. The molecule has 8 heteroatoms. The summed E-state index contributed by atoms with van der Waals surface area (Å²) in [5.41, 5.74) is 7.86. The van der Waals surface area contributed by atoms with Gasteiger partial charge in [-0.25, -0.2) is 0 Å². The van der Waals surface area contributed by atoms with Gasteiger partial charge in [0.2, 0.25) is 0 Å². The van der Waals surface area contributed by atoms with Gasteiger partial charge in [0.1, 0.15) is 5.69 Å². The highest BCUT2D eigenvalue weighted by Gasteiger charge is 2.28. The van der Waals surface area contributed by atoms with Crippen molar-refractivity contribution < 1.29 is 9.85 Å². The first kappa shape index (κ1) is 20.0. The predicted octanol–water partition coefficient (Wildman–Crippen LogP) is 5.65. The lowest BCUT2D eigenvalue weighted by Crippen LogP contribution is -2.06. The van der Waals surface area contributed by atoms with Gasteiger partial charge >= 0.3 is 5.69 Å². The number of nitrogens with one attached hydrogen (secondary N) is 1. The molecule has 1 N–H and O–H groups in total. The topological polar surface area (TPSA) is 111 Å². The summed E-state index contributed by atoms with van der Waals surface area (Å²) < 4.78 is 0. The van der Waals surface area contributed by atoms with Gasteiger partial charge in [0.05, 0.1) is 21.6 Å². The van der Waals surface area contributed by atoms with E-state index in [1.54, 1.807) is 0 Å². The lowest BCUT2D eigenvalue weighted by atomic mass is 9.98. The molecule has 154 valence electrons. The van der Waals surface area contributed by atoms with Crippen LogP contribution >= 0.6 is 0 Å². The molecule has 31 heavy (non-hydrogen) atoms. The van der Waals surface area contributed by atoms with Crippen LogP contribution in [0.25, 0.3) is 11.1 Å². The molecule has 0 radical (unpaired) electrons. The van der Waals surface area contributed by atoms with Crippen molar-refractivity contribution in [2.45, 2.75) is 13.3 Å². The third kappa shape index (κ3) is 3.66. The van der Waals surface area contributed by atoms with Crippen molar-refractivity contribution in [2.24, 2.45) is 5.10 Å². The van der Waals surface area contributed by atoms with Crippen LogP contribution in [0.1, 0.15) is 30.0 Å². The first-order chi connectivity index (χ1) is 15.0. The summed E-state index contributed by atoms with van der Waals surface area (Å²) >= 11 is 0. The minimum absolute atomic E-state index is 0.0814. The summed E-state index contributed by atoms with van der Waals surface area (Å²) in [6, 6.07) is 21.2. The average Bonchev–Trinajstić information content (AvgIpc) is 3.11. The van der Waals surface area contributed by atoms with Crippen LogP contribution < -0.4 is 5.43 Å². The summed E-state index contributed by atoms with van der Waals surface area (Å²) in [5, 5.41) is 27.0. The van der Waals surface area contributed by atoms with Crippen LogP contribution in [-0.4, -0.2) is 15.6 Å². The Bertz CT molecular complexity index is 1250. The van der Waals surface area contributed by atoms with E-state index >= 15 is 0 Å². The summed E-state index contributed by atoms with van der Waals surface area (Å²) in [5.74, 6) is 0. The molecular formula is C23H18N4O4. The van der Waals surface area contributed by atoms with Gasteiger partial charge in [-0.1, -0.05) is 61.5 Å². The number of nitro benzene ring substituents is 2. The molecule has 0 aromatic heterocycles. The second kappa shape index (κ2) is 8.19. The molecule has 3 aromatic carbocycles. The Balaban J connectivity index is 1.84. The smallest absolute Gasteiger partial charge is 0.271 e. The normalized spacial score (nSPS) is 13.9. The molecule has 0 atom stereocenters. The Morgan fingerprint density at radius 2 is 1.55 bits per heavy atom. The number of hydrogen-bond acceptors (Lipinski definition) is 6. The van der Waals surface area contributed by atoms with Crippen LogP contribution in [0.2, 0.25) is 0 Å². The minimum atomic E-state index is -0.667. The zero-order valence-electron chi connectivity index (χ0n) is 16.6. The molecule has 0 saturated carbocycles. The fourth-order valence-electron chi connectivity index (χ4n) is 3.76. The molecule has 0 amide bonds. The van der Waals surface area contributed by atoms with Crippen molar-refractivity contribution in [1.29, 1.82) is 0 Å². The quantitative estimate of drug-likeness (QED) is 0.414. The maximum atomic E-state index is 11.5. The lowest BCUT2D eigenvalue weighted by molar-refractivity contribution is -0.393. The Morgan fingerprint density at radius 1 is 0.871 bits per heavy atom. The molecule has 4 rings (SSSR count). The first-order valence-corrected chi connectivity index (χ1v) is 9.66. The third-order valence-corrected chi connectivity index (χ3v) is 5.14. The van der Waals surface area contributed by atoms with E-state index in [0.717, 1.165) is 40.3 Å². The molecule has 0 saturated heterocycles. The number of anilines is 1. The summed E-state index contributed by atoms with van der Waals surface area (Å²) in [6.07, 6.45) is 0.790. The highest BCUT2D eigenvalue weighted by molar-refractivity contribution is 6.42.